The molecule has 74 valence electrons. The molecule has 0 bridgehead atoms. The van der Waals surface area contributed by atoms with E-state index in [-0.39, 0.29) is 6.10 Å². The van der Waals surface area contributed by atoms with Crippen molar-refractivity contribution < 1.29 is 9.47 Å². The molecule has 0 aliphatic heterocycles. The van der Waals surface area contributed by atoms with Gasteiger partial charge in [-0.25, -0.2) is 0 Å². The van der Waals surface area contributed by atoms with Crippen LogP contribution in [0.15, 0.2) is 30.4 Å². The smallest absolute Gasteiger partial charge is 0.119 e. The molecule has 14 heavy (non-hydrogen) atoms. The molecule has 0 saturated carbocycles. The molecule has 1 aromatic rings. The molecule has 1 aliphatic rings. The summed E-state index contributed by atoms with van der Waals surface area (Å²) in [6.45, 7) is 0. The minimum absolute atomic E-state index is 0.102. The minimum Gasteiger partial charge on any atom is -0.497 e. The molecule has 0 saturated heterocycles. The number of hydrogen-bond acceptors (Lipinski definition) is 2. The van der Waals surface area contributed by atoms with Crippen molar-refractivity contribution in [1.29, 1.82) is 0 Å². The number of hydrogen-bond donors (Lipinski definition) is 0. The van der Waals surface area contributed by atoms with Crippen LogP contribution in [0, 0.1) is 0 Å². The number of methoxy groups -OCH3 is 2. The molecule has 1 unspecified atom stereocenters. The molecule has 0 fully saturated rings. The van der Waals surface area contributed by atoms with Crippen LogP contribution in [0.25, 0.3) is 0 Å². The van der Waals surface area contributed by atoms with Crippen molar-refractivity contribution in [3.05, 3.63) is 41.5 Å². The molecule has 0 amide bonds. The summed E-state index contributed by atoms with van der Waals surface area (Å²) in [6.07, 6.45) is 5.29. The third-order valence-corrected chi connectivity index (χ3v) is 2.56. The van der Waals surface area contributed by atoms with Gasteiger partial charge in [0, 0.05) is 7.11 Å². The monoisotopic (exact) mass is 190 g/mol. The Morgan fingerprint density at radius 2 is 2.14 bits per heavy atom. The Hall–Kier alpha value is -1.28. The van der Waals surface area contributed by atoms with E-state index >= 15 is 0 Å². The van der Waals surface area contributed by atoms with Crippen molar-refractivity contribution in [2.45, 2.75) is 12.5 Å². The van der Waals surface area contributed by atoms with Crippen LogP contribution in [0.1, 0.15) is 17.2 Å². The Morgan fingerprint density at radius 3 is 2.86 bits per heavy atom. The second-order valence-electron chi connectivity index (χ2n) is 3.35. The summed E-state index contributed by atoms with van der Waals surface area (Å²) in [6, 6.07) is 6.13. The first-order valence-electron chi connectivity index (χ1n) is 4.71. The molecule has 0 radical (unpaired) electrons. The summed E-state index contributed by atoms with van der Waals surface area (Å²) in [4.78, 5) is 0. The van der Waals surface area contributed by atoms with Gasteiger partial charge < -0.3 is 9.47 Å². The van der Waals surface area contributed by atoms with Crippen molar-refractivity contribution in [3.8, 4) is 5.75 Å². The first-order chi connectivity index (χ1) is 6.85. The van der Waals surface area contributed by atoms with Crippen molar-refractivity contribution in [2.75, 3.05) is 14.2 Å². The zero-order chi connectivity index (χ0) is 9.97. The predicted octanol–water partition coefficient (Wildman–Crippen LogP) is 2.50. The number of fused-ring (bicyclic) bond motifs is 1. The van der Waals surface area contributed by atoms with Gasteiger partial charge in [-0.05, 0) is 29.7 Å². The van der Waals surface area contributed by atoms with Gasteiger partial charge in [0.25, 0.3) is 0 Å². The average Bonchev–Trinajstić information content (AvgIpc) is 2.27. The standard InChI is InChI=1S/C12H14O2/c1-13-10-6-7-11-9(8-10)4-3-5-12(11)14-2/h3,5-8,12H,4H2,1-2H3. The fourth-order valence-electron chi connectivity index (χ4n) is 1.79. The SMILES string of the molecule is COc1ccc2c(c1)CC=CC2OC. The lowest BCUT2D eigenvalue weighted by Crippen LogP contribution is -2.06. The van der Waals surface area contributed by atoms with E-state index in [1.807, 2.05) is 6.07 Å². The zero-order valence-corrected chi connectivity index (χ0v) is 8.49. The molecule has 1 atom stereocenters. The first-order valence-corrected chi connectivity index (χ1v) is 4.71. The maximum absolute atomic E-state index is 5.36. The Labute approximate surface area is 84.2 Å². The first kappa shape index (κ1) is 9.28. The molecule has 1 aromatic carbocycles. The second-order valence-corrected chi connectivity index (χ2v) is 3.35. The van der Waals surface area contributed by atoms with Crippen LogP contribution in [0.4, 0.5) is 0 Å². The van der Waals surface area contributed by atoms with E-state index in [0.29, 0.717) is 0 Å². The highest BCUT2D eigenvalue weighted by Gasteiger charge is 2.15. The van der Waals surface area contributed by atoms with Crippen molar-refractivity contribution in [3.63, 3.8) is 0 Å². The van der Waals surface area contributed by atoms with Crippen LogP contribution in [0.3, 0.4) is 0 Å². The maximum atomic E-state index is 5.36. The predicted molar refractivity (Wildman–Crippen MR) is 55.6 cm³/mol. The Kier molecular flexibility index (Phi) is 2.55. The van der Waals surface area contributed by atoms with Crippen LogP contribution in [-0.2, 0) is 11.2 Å². The lowest BCUT2D eigenvalue weighted by atomic mass is 9.94. The number of ether oxygens (including phenoxy) is 2. The number of rotatable bonds is 2. The number of allylic oxidation sites excluding steroid dienone is 1. The van der Waals surface area contributed by atoms with Crippen molar-refractivity contribution >= 4 is 0 Å². The summed E-state index contributed by atoms with van der Waals surface area (Å²) in [5.74, 6) is 0.911. The third kappa shape index (κ3) is 1.53. The van der Waals surface area contributed by atoms with Crippen LogP contribution >= 0.6 is 0 Å². The van der Waals surface area contributed by atoms with Gasteiger partial charge in [-0.2, -0.15) is 0 Å². The van der Waals surface area contributed by atoms with E-state index in [1.54, 1.807) is 14.2 Å². The van der Waals surface area contributed by atoms with Gasteiger partial charge in [-0.1, -0.05) is 18.2 Å². The van der Waals surface area contributed by atoms with E-state index < -0.39 is 0 Å². The molecule has 2 rings (SSSR count). The van der Waals surface area contributed by atoms with Crippen molar-refractivity contribution in [2.24, 2.45) is 0 Å². The van der Waals surface area contributed by atoms with Gasteiger partial charge in [0.1, 0.15) is 11.9 Å². The summed E-state index contributed by atoms with van der Waals surface area (Å²) in [5.41, 5.74) is 2.54. The topological polar surface area (TPSA) is 18.5 Å². The number of benzene rings is 1. The average molecular weight is 190 g/mol. The highest BCUT2D eigenvalue weighted by atomic mass is 16.5. The third-order valence-electron chi connectivity index (χ3n) is 2.56. The highest BCUT2D eigenvalue weighted by molar-refractivity contribution is 5.41. The van der Waals surface area contributed by atoms with E-state index in [2.05, 4.69) is 24.3 Å². The summed E-state index contributed by atoms with van der Waals surface area (Å²) in [5, 5.41) is 0. The molecule has 2 heteroatoms. The second kappa shape index (κ2) is 3.84. The van der Waals surface area contributed by atoms with E-state index in [4.69, 9.17) is 9.47 Å². The van der Waals surface area contributed by atoms with Gasteiger partial charge in [0.2, 0.25) is 0 Å². The molecule has 0 N–H and O–H groups in total. The zero-order valence-electron chi connectivity index (χ0n) is 8.49. The quantitative estimate of drug-likeness (QED) is 0.667. The Morgan fingerprint density at radius 1 is 1.29 bits per heavy atom. The normalized spacial score (nSPS) is 19.1. The van der Waals surface area contributed by atoms with Crippen LogP contribution in [0.5, 0.6) is 5.75 Å². The molecular weight excluding hydrogens is 176 g/mol. The van der Waals surface area contributed by atoms with Gasteiger partial charge >= 0.3 is 0 Å². The molecule has 2 nitrogen and oxygen atoms in total. The fourth-order valence-corrected chi connectivity index (χ4v) is 1.79. The summed E-state index contributed by atoms with van der Waals surface area (Å²) in [7, 11) is 3.42. The van der Waals surface area contributed by atoms with E-state index in [0.717, 1.165) is 12.2 Å². The Bertz CT molecular complexity index is 355. The van der Waals surface area contributed by atoms with Crippen LogP contribution < -0.4 is 4.74 Å². The van der Waals surface area contributed by atoms with Crippen LogP contribution in [-0.4, -0.2) is 14.2 Å². The largest absolute Gasteiger partial charge is 0.497 e. The van der Waals surface area contributed by atoms with Gasteiger partial charge in [0.15, 0.2) is 0 Å². The summed E-state index contributed by atoms with van der Waals surface area (Å²) >= 11 is 0. The van der Waals surface area contributed by atoms with E-state index in [9.17, 15) is 0 Å². The molecule has 0 spiro atoms. The van der Waals surface area contributed by atoms with Crippen molar-refractivity contribution in [1.82, 2.24) is 0 Å². The van der Waals surface area contributed by atoms with Gasteiger partial charge in [-0.3, -0.25) is 0 Å². The highest BCUT2D eigenvalue weighted by Crippen LogP contribution is 2.29. The lowest BCUT2D eigenvalue weighted by Gasteiger charge is -2.20. The lowest BCUT2D eigenvalue weighted by molar-refractivity contribution is 0.140. The van der Waals surface area contributed by atoms with Gasteiger partial charge in [0.05, 0.1) is 7.11 Å². The molecule has 0 aromatic heterocycles. The minimum atomic E-state index is 0.102. The Balaban J connectivity index is 2.39. The van der Waals surface area contributed by atoms with Gasteiger partial charge in [-0.15, -0.1) is 0 Å². The summed E-state index contributed by atoms with van der Waals surface area (Å²) < 4.78 is 10.5. The molecular formula is C12H14O2. The van der Waals surface area contributed by atoms with Crippen LogP contribution in [0.2, 0.25) is 0 Å². The fraction of sp³-hybridized carbons (Fsp3) is 0.333. The molecule has 1 aliphatic carbocycles. The molecule has 0 heterocycles. The maximum Gasteiger partial charge on any atom is 0.119 e. The van der Waals surface area contributed by atoms with E-state index in [1.165, 1.54) is 11.1 Å².